The van der Waals surface area contributed by atoms with Gasteiger partial charge in [0.2, 0.25) is 0 Å². The van der Waals surface area contributed by atoms with Gasteiger partial charge >= 0.3 is 0 Å². The molecule has 0 heteroatoms. The third kappa shape index (κ3) is 1.68. The summed E-state index contributed by atoms with van der Waals surface area (Å²) < 4.78 is 0. The first kappa shape index (κ1) is 13.6. The quantitative estimate of drug-likeness (QED) is 0.399. The van der Waals surface area contributed by atoms with Crippen LogP contribution in [0.3, 0.4) is 0 Å². The Morgan fingerprint density at radius 2 is 1.42 bits per heavy atom. The summed E-state index contributed by atoms with van der Waals surface area (Å²) in [6.07, 6.45) is 5.93. The number of benzene rings is 3. The normalized spacial score (nSPS) is 16.3. The van der Waals surface area contributed by atoms with Crippen molar-refractivity contribution in [2.45, 2.75) is 12.8 Å². The van der Waals surface area contributed by atoms with E-state index in [1.165, 1.54) is 49.7 Å². The Labute approximate surface area is 142 Å². The minimum absolute atomic E-state index is 0.944. The molecule has 0 N–H and O–H groups in total. The smallest absolute Gasteiger partial charge is 0.00132 e. The summed E-state index contributed by atoms with van der Waals surface area (Å²) in [5.41, 5.74) is 10.7. The van der Waals surface area contributed by atoms with Crippen LogP contribution in [0.1, 0.15) is 22.3 Å². The van der Waals surface area contributed by atoms with Crippen molar-refractivity contribution >= 4 is 16.3 Å². The lowest BCUT2D eigenvalue weighted by molar-refractivity contribution is 1.16. The van der Waals surface area contributed by atoms with E-state index in [-0.39, 0.29) is 0 Å². The van der Waals surface area contributed by atoms with Gasteiger partial charge in [-0.2, -0.15) is 0 Å². The fraction of sp³-hybridized carbons (Fsp3) is 0.0833. The van der Waals surface area contributed by atoms with Crippen LogP contribution in [0.25, 0.3) is 27.5 Å². The standard InChI is InChI=1S/C24H18/c1-3-6-16-13-18-9-10-19-14-17-7-4-5-8-21(17)22-12-11-20(15(16)2)23(18)24(19)22/h3-12H,1-2,13-14H2/b16-6-. The minimum atomic E-state index is 0.944. The first-order valence-corrected chi connectivity index (χ1v) is 8.45. The van der Waals surface area contributed by atoms with Crippen LogP contribution in [0.4, 0.5) is 0 Å². The molecule has 0 bridgehead atoms. The van der Waals surface area contributed by atoms with E-state index < -0.39 is 0 Å². The molecule has 0 aliphatic heterocycles. The topological polar surface area (TPSA) is 0 Å². The van der Waals surface area contributed by atoms with E-state index in [0.717, 1.165) is 18.4 Å². The van der Waals surface area contributed by atoms with Crippen LogP contribution in [0.5, 0.6) is 0 Å². The Morgan fingerprint density at radius 1 is 0.708 bits per heavy atom. The lowest BCUT2D eigenvalue weighted by Gasteiger charge is -2.28. The third-order valence-electron chi connectivity index (χ3n) is 5.43. The summed E-state index contributed by atoms with van der Waals surface area (Å²) in [7, 11) is 0. The van der Waals surface area contributed by atoms with E-state index in [1.54, 1.807) is 0 Å². The van der Waals surface area contributed by atoms with Crippen LogP contribution < -0.4 is 0 Å². The molecule has 0 spiro atoms. The van der Waals surface area contributed by atoms with E-state index in [4.69, 9.17) is 0 Å². The summed E-state index contributed by atoms with van der Waals surface area (Å²) >= 11 is 0. The van der Waals surface area contributed by atoms with Crippen molar-refractivity contribution in [3.05, 3.63) is 102 Å². The van der Waals surface area contributed by atoms with Gasteiger partial charge in [0.05, 0.1) is 0 Å². The lowest BCUT2D eigenvalue weighted by atomic mass is 9.76. The minimum Gasteiger partial charge on any atom is -0.0991 e. The SMILES string of the molecule is C=C/C=C1/Cc2ccc3c4c(ccc(c24)C1=C)-c1ccccc1C3. The van der Waals surface area contributed by atoms with Gasteiger partial charge in [0, 0.05) is 0 Å². The summed E-state index contributed by atoms with van der Waals surface area (Å²) in [5, 5.41) is 2.84. The van der Waals surface area contributed by atoms with Gasteiger partial charge in [0.15, 0.2) is 0 Å². The first-order chi connectivity index (χ1) is 11.8. The van der Waals surface area contributed by atoms with Gasteiger partial charge in [-0.15, -0.1) is 0 Å². The number of allylic oxidation sites excluding steroid dienone is 4. The molecular weight excluding hydrogens is 288 g/mol. The Kier molecular flexibility index (Phi) is 2.72. The summed E-state index contributed by atoms with van der Waals surface area (Å²) in [6, 6.07) is 18.0. The summed E-state index contributed by atoms with van der Waals surface area (Å²) in [5.74, 6) is 0. The highest BCUT2D eigenvalue weighted by Gasteiger charge is 2.25. The highest BCUT2D eigenvalue weighted by Crippen LogP contribution is 2.46. The molecule has 0 radical (unpaired) electrons. The van der Waals surface area contributed by atoms with Crippen LogP contribution in [-0.4, -0.2) is 0 Å². The molecule has 114 valence electrons. The third-order valence-corrected chi connectivity index (χ3v) is 5.43. The van der Waals surface area contributed by atoms with Gasteiger partial charge in [-0.05, 0) is 68.1 Å². The van der Waals surface area contributed by atoms with E-state index in [2.05, 4.69) is 67.8 Å². The maximum absolute atomic E-state index is 4.37. The molecule has 0 heterocycles. The zero-order valence-corrected chi connectivity index (χ0v) is 13.6. The van der Waals surface area contributed by atoms with Gasteiger partial charge in [0.1, 0.15) is 0 Å². The molecule has 0 fully saturated rings. The van der Waals surface area contributed by atoms with Crippen molar-refractivity contribution in [3.8, 4) is 11.1 Å². The number of hydrogen-bond acceptors (Lipinski definition) is 0. The van der Waals surface area contributed by atoms with Gasteiger partial charge in [-0.1, -0.05) is 73.8 Å². The second-order valence-electron chi connectivity index (χ2n) is 6.71. The Morgan fingerprint density at radius 3 is 2.25 bits per heavy atom. The number of rotatable bonds is 1. The highest BCUT2D eigenvalue weighted by molar-refractivity contribution is 6.10. The van der Waals surface area contributed by atoms with Crippen LogP contribution in [0, 0.1) is 0 Å². The molecule has 0 saturated carbocycles. The maximum Gasteiger partial charge on any atom is -0.00132 e. The molecule has 3 aromatic rings. The van der Waals surface area contributed by atoms with Crippen molar-refractivity contribution in [2.24, 2.45) is 0 Å². The second-order valence-corrected chi connectivity index (χ2v) is 6.71. The van der Waals surface area contributed by atoms with E-state index in [1.807, 2.05) is 6.08 Å². The fourth-order valence-electron chi connectivity index (χ4n) is 4.34. The zero-order valence-electron chi connectivity index (χ0n) is 13.6. The monoisotopic (exact) mass is 306 g/mol. The second kappa shape index (κ2) is 4.82. The molecule has 0 amide bonds. The Balaban J connectivity index is 1.89. The molecule has 0 atom stereocenters. The Hall–Kier alpha value is -2.86. The Bertz CT molecular complexity index is 1080. The predicted octanol–water partition coefficient (Wildman–Crippen LogP) is 6.09. The molecule has 0 unspecified atom stereocenters. The predicted molar refractivity (Wildman–Crippen MR) is 103 cm³/mol. The lowest BCUT2D eigenvalue weighted by Crippen LogP contribution is -2.08. The van der Waals surface area contributed by atoms with Gasteiger partial charge in [-0.25, -0.2) is 0 Å². The van der Waals surface area contributed by atoms with Crippen LogP contribution in [0.2, 0.25) is 0 Å². The van der Waals surface area contributed by atoms with E-state index in [0.29, 0.717) is 0 Å². The fourth-order valence-corrected chi connectivity index (χ4v) is 4.34. The van der Waals surface area contributed by atoms with Gasteiger partial charge in [0.25, 0.3) is 0 Å². The zero-order chi connectivity index (χ0) is 16.3. The molecule has 0 nitrogen and oxygen atoms in total. The molecule has 24 heavy (non-hydrogen) atoms. The van der Waals surface area contributed by atoms with Crippen LogP contribution in [0.15, 0.2) is 79.4 Å². The first-order valence-electron chi connectivity index (χ1n) is 8.45. The van der Waals surface area contributed by atoms with Crippen molar-refractivity contribution < 1.29 is 0 Å². The molecule has 0 saturated heterocycles. The van der Waals surface area contributed by atoms with Crippen molar-refractivity contribution in [1.82, 2.24) is 0 Å². The van der Waals surface area contributed by atoms with Crippen molar-refractivity contribution in [3.63, 3.8) is 0 Å². The van der Waals surface area contributed by atoms with Gasteiger partial charge in [-0.3, -0.25) is 0 Å². The molecule has 5 rings (SSSR count). The molecular formula is C24H18. The van der Waals surface area contributed by atoms with E-state index in [9.17, 15) is 0 Å². The van der Waals surface area contributed by atoms with Crippen molar-refractivity contribution in [1.29, 1.82) is 0 Å². The van der Waals surface area contributed by atoms with E-state index >= 15 is 0 Å². The highest BCUT2D eigenvalue weighted by atomic mass is 14.3. The number of fused-ring (bicyclic) bond motifs is 2. The summed E-state index contributed by atoms with van der Waals surface area (Å²) in [6.45, 7) is 8.22. The number of hydrogen-bond donors (Lipinski definition) is 0. The van der Waals surface area contributed by atoms with Crippen molar-refractivity contribution in [2.75, 3.05) is 0 Å². The average molecular weight is 306 g/mol. The molecule has 2 aliphatic rings. The maximum atomic E-state index is 4.37. The molecule has 2 aliphatic carbocycles. The average Bonchev–Trinajstić information content (AvgIpc) is 2.62. The van der Waals surface area contributed by atoms with Crippen LogP contribution in [-0.2, 0) is 12.8 Å². The van der Waals surface area contributed by atoms with Gasteiger partial charge < -0.3 is 0 Å². The largest absolute Gasteiger partial charge is 0.0991 e. The summed E-state index contributed by atoms with van der Waals surface area (Å²) in [4.78, 5) is 0. The molecule has 0 aromatic heterocycles. The van der Waals surface area contributed by atoms with Crippen LogP contribution >= 0.6 is 0 Å². The molecule has 3 aromatic carbocycles.